The Morgan fingerprint density at radius 1 is 1.00 bits per heavy atom. The van der Waals surface area contributed by atoms with Crippen molar-refractivity contribution >= 4 is 28.9 Å². The molecule has 0 bridgehead atoms. The van der Waals surface area contributed by atoms with Crippen molar-refractivity contribution in [1.29, 1.82) is 0 Å². The van der Waals surface area contributed by atoms with Crippen molar-refractivity contribution in [2.75, 3.05) is 5.32 Å². The minimum atomic E-state index is 0.594. The molecule has 0 fully saturated rings. The summed E-state index contributed by atoms with van der Waals surface area (Å²) in [6, 6.07) is 11.9. The summed E-state index contributed by atoms with van der Waals surface area (Å²) in [4.78, 5) is 0. The Morgan fingerprint density at radius 2 is 1.72 bits per heavy atom. The fourth-order valence-electron chi connectivity index (χ4n) is 1.82. The average Bonchev–Trinajstić information content (AvgIpc) is 2.36. The van der Waals surface area contributed by atoms with E-state index in [2.05, 4.69) is 31.3 Å². The SMILES string of the molecule is Cc1cccc(NCc2cccc(Cl)c2Cl)c1C. The highest BCUT2D eigenvalue weighted by Gasteiger charge is 2.05. The van der Waals surface area contributed by atoms with Crippen LogP contribution in [0.5, 0.6) is 0 Å². The zero-order valence-electron chi connectivity index (χ0n) is 10.4. The van der Waals surface area contributed by atoms with E-state index in [4.69, 9.17) is 23.2 Å². The van der Waals surface area contributed by atoms with Gasteiger partial charge in [-0.2, -0.15) is 0 Å². The number of anilines is 1. The molecule has 0 heterocycles. The summed E-state index contributed by atoms with van der Waals surface area (Å²) in [6.07, 6.45) is 0. The molecule has 0 saturated carbocycles. The van der Waals surface area contributed by atoms with Gasteiger partial charge in [-0.25, -0.2) is 0 Å². The summed E-state index contributed by atoms with van der Waals surface area (Å²) in [7, 11) is 0. The van der Waals surface area contributed by atoms with Gasteiger partial charge in [-0.05, 0) is 42.7 Å². The van der Waals surface area contributed by atoms with Crippen molar-refractivity contribution in [2.24, 2.45) is 0 Å². The molecule has 0 aliphatic heterocycles. The molecule has 2 rings (SSSR count). The van der Waals surface area contributed by atoms with Gasteiger partial charge in [0.05, 0.1) is 10.0 Å². The normalized spacial score (nSPS) is 10.4. The summed E-state index contributed by atoms with van der Waals surface area (Å²) in [5, 5.41) is 4.61. The predicted molar refractivity (Wildman–Crippen MR) is 79.7 cm³/mol. The Labute approximate surface area is 118 Å². The van der Waals surface area contributed by atoms with E-state index in [-0.39, 0.29) is 0 Å². The van der Waals surface area contributed by atoms with Crippen LogP contribution in [0.25, 0.3) is 0 Å². The Morgan fingerprint density at radius 3 is 2.50 bits per heavy atom. The topological polar surface area (TPSA) is 12.0 Å². The molecule has 1 N–H and O–H groups in total. The maximum Gasteiger partial charge on any atom is 0.0642 e. The Hall–Kier alpha value is -1.18. The standard InChI is InChI=1S/C15H15Cl2N/c1-10-5-3-8-14(11(10)2)18-9-12-6-4-7-13(16)15(12)17/h3-8,18H,9H2,1-2H3. The quantitative estimate of drug-likeness (QED) is 0.812. The highest BCUT2D eigenvalue weighted by Crippen LogP contribution is 2.26. The van der Waals surface area contributed by atoms with Crippen molar-refractivity contribution in [1.82, 2.24) is 0 Å². The van der Waals surface area contributed by atoms with Crippen LogP contribution in [0.15, 0.2) is 36.4 Å². The first-order chi connectivity index (χ1) is 8.59. The van der Waals surface area contributed by atoms with Gasteiger partial charge in [-0.3, -0.25) is 0 Å². The van der Waals surface area contributed by atoms with Crippen LogP contribution in [0.2, 0.25) is 10.0 Å². The zero-order valence-corrected chi connectivity index (χ0v) is 11.9. The molecule has 2 aromatic rings. The molecule has 0 amide bonds. The van der Waals surface area contributed by atoms with Gasteiger partial charge in [0.1, 0.15) is 0 Å². The van der Waals surface area contributed by atoms with Crippen LogP contribution in [0.1, 0.15) is 16.7 Å². The third-order valence-electron chi connectivity index (χ3n) is 3.11. The number of halogens is 2. The van der Waals surface area contributed by atoms with E-state index in [0.717, 1.165) is 11.3 Å². The van der Waals surface area contributed by atoms with Gasteiger partial charge in [0.25, 0.3) is 0 Å². The van der Waals surface area contributed by atoms with E-state index in [0.29, 0.717) is 16.6 Å². The molecule has 0 aromatic heterocycles. The molecular formula is C15H15Cl2N. The number of nitrogens with one attached hydrogen (secondary N) is 1. The first-order valence-corrected chi connectivity index (χ1v) is 6.58. The van der Waals surface area contributed by atoms with E-state index >= 15 is 0 Å². The number of rotatable bonds is 3. The molecule has 2 aromatic carbocycles. The minimum Gasteiger partial charge on any atom is -0.381 e. The van der Waals surface area contributed by atoms with Crippen LogP contribution in [-0.4, -0.2) is 0 Å². The predicted octanol–water partition coefficient (Wildman–Crippen LogP) is 5.22. The van der Waals surface area contributed by atoms with E-state index < -0.39 is 0 Å². The lowest BCUT2D eigenvalue weighted by molar-refractivity contribution is 1.13. The number of hydrogen-bond donors (Lipinski definition) is 1. The zero-order chi connectivity index (χ0) is 13.1. The van der Waals surface area contributed by atoms with Gasteiger partial charge in [0.15, 0.2) is 0 Å². The lowest BCUT2D eigenvalue weighted by atomic mass is 10.1. The second-order valence-electron chi connectivity index (χ2n) is 4.31. The minimum absolute atomic E-state index is 0.594. The fraction of sp³-hybridized carbons (Fsp3) is 0.200. The largest absolute Gasteiger partial charge is 0.381 e. The summed E-state index contributed by atoms with van der Waals surface area (Å²) >= 11 is 12.2. The van der Waals surface area contributed by atoms with Gasteiger partial charge < -0.3 is 5.32 Å². The molecule has 1 nitrogen and oxygen atoms in total. The summed E-state index contributed by atoms with van der Waals surface area (Å²) in [6.45, 7) is 4.88. The third-order valence-corrected chi connectivity index (χ3v) is 3.96. The van der Waals surface area contributed by atoms with Crippen LogP contribution in [0, 0.1) is 13.8 Å². The number of benzene rings is 2. The second-order valence-corrected chi connectivity index (χ2v) is 5.10. The van der Waals surface area contributed by atoms with Crippen molar-refractivity contribution in [2.45, 2.75) is 20.4 Å². The maximum atomic E-state index is 6.16. The molecule has 18 heavy (non-hydrogen) atoms. The van der Waals surface area contributed by atoms with Crippen LogP contribution >= 0.6 is 23.2 Å². The molecule has 0 aliphatic carbocycles. The molecule has 0 spiro atoms. The first kappa shape index (κ1) is 13.3. The molecule has 0 atom stereocenters. The van der Waals surface area contributed by atoms with Gasteiger partial charge in [-0.15, -0.1) is 0 Å². The first-order valence-electron chi connectivity index (χ1n) is 5.82. The lowest BCUT2D eigenvalue weighted by Gasteiger charge is -2.12. The summed E-state index contributed by atoms with van der Waals surface area (Å²) < 4.78 is 0. The highest BCUT2D eigenvalue weighted by molar-refractivity contribution is 6.42. The Kier molecular flexibility index (Phi) is 4.15. The monoisotopic (exact) mass is 279 g/mol. The Bertz CT molecular complexity index is 513. The highest BCUT2D eigenvalue weighted by atomic mass is 35.5. The van der Waals surface area contributed by atoms with Crippen LogP contribution in [0.3, 0.4) is 0 Å². The molecule has 0 radical (unpaired) electrons. The van der Waals surface area contributed by atoms with Crippen molar-refractivity contribution in [3.8, 4) is 0 Å². The molecule has 94 valence electrons. The van der Waals surface area contributed by atoms with E-state index in [9.17, 15) is 0 Å². The van der Waals surface area contributed by atoms with Crippen molar-refractivity contribution in [3.63, 3.8) is 0 Å². The summed E-state index contributed by atoms with van der Waals surface area (Å²) in [5.74, 6) is 0. The van der Waals surface area contributed by atoms with Crippen LogP contribution < -0.4 is 5.32 Å². The van der Waals surface area contributed by atoms with Gasteiger partial charge in [0.2, 0.25) is 0 Å². The molecular weight excluding hydrogens is 265 g/mol. The van der Waals surface area contributed by atoms with Gasteiger partial charge in [-0.1, -0.05) is 47.5 Å². The maximum absolute atomic E-state index is 6.16. The summed E-state index contributed by atoms with van der Waals surface area (Å²) in [5.41, 5.74) is 4.67. The fourth-order valence-corrected chi connectivity index (χ4v) is 2.20. The smallest absolute Gasteiger partial charge is 0.0642 e. The molecule has 0 aliphatic rings. The van der Waals surface area contributed by atoms with E-state index in [1.807, 2.05) is 18.2 Å². The molecule has 0 unspecified atom stereocenters. The van der Waals surface area contributed by atoms with E-state index in [1.54, 1.807) is 6.07 Å². The molecule has 3 heteroatoms. The second kappa shape index (κ2) is 5.64. The average molecular weight is 280 g/mol. The third kappa shape index (κ3) is 2.80. The van der Waals surface area contributed by atoms with Crippen LogP contribution in [-0.2, 0) is 6.54 Å². The van der Waals surface area contributed by atoms with Crippen LogP contribution in [0.4, 0.5) is 5.69 Å². The lowest BCUT2D eigenvalue weighted by Crippen LogP contribution is -2.02. The van der Waals surface area contributed by atoms with E-state index in [1.165, 1.54) is 11.1 Å². The number of aryl methyl sites for hydroxylation is 1. The Balaban J connectivity index is 2.17. The van der Waals surface area contributed by atoms with Gasteiger partial charge >= 0.3 is 0 Å². The van der Waals surface area contributed by atoms with Gasteiger partial charge in [0, 0.05) is 12.2 Å². The molecule has 0 saturated heterocycles. The van der Waals surface area contributed by atoms with Crippen molar-refractivity contribution in [3.05, 3.63) is 63.1 Å². The number of hydrogen-bond acceptors (Lipinski definition) is 1. The van der Waals surface area contributed by atoms with Crippen molar-refractivity contribution < 1.29 is 0 Å².